The summed E-state index contributed by atoms with van der Waals surface area (Å²) in [7, 11) is -4.49. The third-order valence-electron chi connectivity index (χ3n) is 9.37. The number of aliphatic hydroxyl groups excluding tert-OH is 4. The van der Waals surface area contributed by atoms with E-state index < -0.39 is 74.8 Å². The minimum absolute atomic E-state index is 0.129. The lowest BCUT2D eigenvalue weighted by molar-refractivity contribution is -0.148. The summed E-state index contributed by atoms with van der Waals surface area (Å²) in [5.74, 6) is -1.92. The molecule has 1 amide bonds. The first-order valence-corrected chi connectivity index (χ1v) is 20.7. The zero-order valence-corrected chi connectivity index (χ0v) is 31.2. The minimum atomic E-state index is -4.49. The van der Waals surface area contributed by atoms with Gasteiger partial charge in [-0.3, -0.25) is 9.36 Å². The van der Waals surface area contributed by atoms with Crippen LogP contribution in [-0.2, 0) is 18.7 Å². The molecule has 1 aliphatic heterocycles. The van der Waals surface area contributed by atoms with Crippen molar-refractivity contribution in [3.05, 3.63) is 12.2 Å². The van der Waals surface area contributed by atoms with Crippen LogP contribution in [0.5, 0.6) is 0 Å². The highest BCUT2D eigenvalue weighted by Crippen LogP contribution is 2.44. The first kappa shape index (κ1) is 45.7. The van der Waals surface area contributed by atoms with Gasteiger partial charge in [0.15, 0.2) is 5.54 Å². The van der Waals surface area contributed by atoms with E-state index in [1.165, 1.54) is 103 Å². The van der Waals surface area contributed by atoms with Crippen molar-refractivity contribution in [1.29, 1.82) is 0 Å². The van der Waals surface area contributed by atoms with Crippen molar-refractivity contribution in [2.24, 2.45) is 0 Å². The smallest absolute Gasteiger partial charge is 0.331 e. The maximum absolute atomic E-state index is 12.6. The molecule has 2 unspecified atom stereocenters. The van der Waals surface area contributed by atoms with Gasteiger partial charge in [-0.2, -0.15) is 0 Å². The molecule has 288 valence electrons. The lowest BCUT2D eigenvalue weighted by Crippen LogP contribution is -2.55. The van der Waals surface area contributed by atoms with Gasteiger partial charge in [-0.15, -0.1) is 0 Å². The Balaban J connectivity index is 2.13. The van der Waals surface area contributed by atoms with Gasteiger partial charge in [-0.05, 0) is 45.4 Å². The topological polar surface area (TPSA) is 206 Å². The quantitative estimate of drug-likeness (QED) is 0.0261. The van der Waals surface area contributed by atoms with Crippen LogP contribution >= 0.6 is 7.60 Å². The highest BCUT2D eigenvalue weighted by molar-refractivity contribution is 7.52. The number of nitrogens with one attached hydrogen (secondary N) is 2. The second kappa shape index (κ2) is 26.4. The number of carbonyl (C=O) groups excluding carboxylic acids is 1. The molecule has 8 N–H and O–H groups in total. The number of amides is 1. The van der Waals surface area contributed by atoms with Gasteiger partial charge in [0.25, 0.3) is 0 Å². The van der Waals surface area contributed by atoms with Crippen molar-refractivity contribution in [2.75, 3.05) is 19.4 Å². The summed E-state index contributed by atoms with van der Waals surface area (Å²) in [4.78, 5) is 34.6. The standard InChI is InChI=1S/C36H69N2O10P/c1-3-4-5-6-7-8-9-10-11-12-13-14-15-16-17-18-19-20-21-22-23-24-32(41)38-36(2,35(44)45)28-48-49(46,47)27-29(40)25-30-33(42)34(43)31(26-39)37-30/h10-11,29-31,33-34,37,39-40,42-43H,3-9,12-28H2,1-2H3,(H,38,41)(H,44,45)(H,46,47)/b11-10-/t29-,30-,31-,33-,34-,36?/m1/s1. The molecule has 0 aliphatic carbocycles. The number of carbonyl (C=O) groups is 2. The average Bonchev–Trinajstić information content (AvgIpc) is 3.31. The van der Waals surface area contributed by atoms with Crippen LogP contribution in [0, 0.1) is 0 Å². The van der Waals surface area contributed by atoms with Crippen LogP contribution in [0.15, 0.2) is 12.2 Å². The van der Waals surface area contributed by atoms with Crippen LogP contribution in [0.4, 0.5) is 0 Å². The fourth-order valence-electron chi connectivity index (χ4n) is 6.17. The molecule has 0 aromatic rings. The van der Waals surface area contributed by atoms with Crippen molar-refractivity contribution >= 4 is 19.5 Å². The summed E-state index contributed by atoms with van der Waals surface area (Å²) >= 11 is 0. The van der Waals surface area contributed by atoms with Gasteiger partial charge in [-0.25, -0.2) is 4.79 Å². The van der Waals surface area contributed by atoms with Gasteiger partial charge in [0.1, 0.15) is 0 Å². The van der Waals surface area contributed by atoms with Crippen LogP contribution in [0.2, 0.25) is 0 Å². The Kier molecular flexibility index (Phi) is 24.6. The summed E-state index contributed by atoms with van der Waals surface area (Å²) in [5, 5.41) is 54.3. The predicted octanol–water partition coefficient (Wildman–Crippen LogP) is 5.33. The Labute approximate surface area is 295 Å². The number of carboxylic acids is 1. The molecule has 1 rings (SSSR count). The predicted molar refractivity (Wildman–Crippen MR) is 192 cm³/mol. The number of allylic oxidation sites excluding steroid dienone is 2. The number of aliphatic carboxylic acids is 1. The fraction of sp³-hybridized carbons (Fsp3) is 0.889. The highest BCUT2D eigenvalue weighted by Gasteiger charge is 2.43. The number of unbranched alkanes of at least 4 members (excludes halogenated alkanes) is 17. The van der Waals surface area contributed by atoms with E-state index in [0.29, 0.717) is 6.42 Å². The summed E-state index contributed by atoms with van der Waals surface area (Å²) in [6.07, 6.45) is 22.7. The Morgan fingerprint density at radius 2 is 1.31 bits per heavy atom. The molecule has 13 heteroatoms. The zero-order valence-electron chi connectivity index (χ0n) is 30.3. The molecular formula is C36H69N2O10P. The van der Waals surface area contributed by atoms with E-state index in [4.69, 9.17) is 4.52 Å². The molecule has 0 aromatic carbocycles. The largest absolute Gasteiger partial charge is 0.479 e. The summed E-state index contributed by atoms with van der Waals surface area (Å²) in [6.45, 7) is 2.21. The summed E-state index contributed by atoms with van der Waals surface area (Å²) in [6, 6.07) is -1.63. The first-order valence-electron chi connectivity index (χ1n) is 18.9. The van der Waals surface area contributed by atoms with Crippen LogP contribution in [0.1, 0.15) is 149 Å². The SMILES string of the molecule is CCCCCCCC/C=C\CCCCCCCCCCCCCC(=O)NC(C)(COP(=O)(O)C[C@H](O)C[C@H]1N[C@H](CO)[C@@H](O)[C@@H]1O)C(=O)O. The van der Waals surface area contributed by atoms with E-state index in [9.17, 15) is 44.6 Å². The summed E-state index contributed by atoms with van der Waals surface area (Å²) < 4.78 is 17.6. The monoisotopic (exact) mass is 720 g/mol. The van der Waals surface area contributed by atoms with Crippen LogP contribution < -0.4 is 10.6 Å². The molecule has 12 nitrogen and oxygen atoms in total. The fourth-order valence-corrected chi connectivity index (χ4v) is 7.42. The lowest BCUT2D eigenvalue weighted by Gasteiger charge is -2.28. The number of aliphatic hydroxyl groups is 4. The maximum Gasteiger partial charge on any atom is 0.331 e. The molecular weight excluding hydrogens is 651 g/mol. The van der Waals surface area contributed by atoms with E-state index in [1.54, 1.807) is 0 Å². The minimum Gasteiger partial charge on any atom is -0.479 e. The molecule has 1 heterocycles. The first-order chi connectivity index (χ1) is 23.3. The Morgan fingerprint density at radius 3 is 1.78 bits per heavy atom. The molecule has 7 atom stereocenters. The van der Waals surface area contributed by atoms with Gasteiger partial charge >= 0.3 is 13.6 Å². The number of hydrogen-bond donors (Lipinski definition) is 8. The zero-order chi connectivity index (χ0) is 36.5. The van der Waals surface area contributed by atoms with Crippen LogP contribution in [0.3, 0.4) is 0 Å². The van der Waals surface area contributed by atoms with Crippen molar-refractivity contribution in [3.63, 3.8) is 0 Å². The molecule has 1 saturated heterocycles. The van der Waals surface area contributed by atoms with Gasteiger partial charge in [0.05, 0.1) is 43.7 Å². The Hall–Kier alpha value is -1.37. The van der Waals surface area contributed by atoms with Gasteiger partial charge in [0.2, 0.25) is 5.91 Å². The van der Waals surface area contributed by atoms with Crippen molar-refractivity contribution in [3.8, 4) is 0 Å². The van der Waals surface area contributed by atoms with Crippen molar-refractivity contribution < 1.29 is 49.1 Å². The Morgan fingerprint density at radius 1 is 0.837 bits per heavy atom. The lowest BCUT2D eigenvalue weighted by atomic mass is 10.0. The third-order valence-corrected chi connectivity index (χ3v) is 10.8. The van der Waals surface area contributed by atoms with E-state index in [0.717, 1.165) is 19.3 Å². The van der Waals surface area contributed by atoms with E-state index in [-0.39, 0.29) is 12.8 Å². The van der Waals surface area contributed by atoms with Gasteiger partial charge in [0, 0.05) is 12.5 Å². The van der Waals surface area contributed by atoms with Crippen molar-refractivity contribution in [2.45, 2.75) is 185 Å². The molecule has 0 radical (unpaired) electrons. The highest BCUT2D eigenvalue weighted by atomic mass is 31.2. The van der Waals surface area contributed by atoms with Crippen LogP contribution in [-0.4, -0.2) is 97.6 Å². The Bertz CT molecular complexity index is 970. The summed E-state index contributed by atoms with van der Waals surface area (Å²) in [5.41, 5.74) is -1.95. The maximum atomic E-state index is 12.6. The molecule has 49 heavy (non-hydrogen) atoms. The number of carboxylic acid groups (broad SMARTS) is 1. The molecule has 1 fully saturated rings. The van der Waals surface area contributed by atoms with E-state index >= 15 is 0 Å². The van der Waals surface area contributed by atoms with E-state index in [1.807, 2.05) is 0 Å². The van der Waals surface area contributed by atoms with Crippen molar-refractivity contribution in [1.82, 2.24) is 10.6 Å². The normalized spacial score (nSPS) is 22.6. The van der Waals surface area contributed by atoms with E-state index in [2.05, 4.69) is 29.7 Å². The van der Waals surface area contributed by atoms with Gasteiger partial charge < -0.3 is 45.6 Å². The second-order valence-corrected chi connectivity index (χ2v) is 16.1. The second-order valence-electron chi connectivity index (χ2n) is 14.2. The molecule has 0 saturated carbocycles. The number of rotatable bonds is 31. The molecule has 0 bridgehead atoms. The average molecular weight is 721 g/mol. The van der Waals surface area contributed by atoms with Gasteiger partial charge in [-0.1, -0.05) is 109 Å². The molecule has 1 aliphatic rings. The molecule has 0 spiro atoms. The third kappa shape index (κ3) is 20.9. The number of hydrogen-bond acceptors (Lipinski definition) is 9. The molecule has 0 aromatic heterocycles. The van der Waals surface area contributed by atoms with Crippen LogP contribution in [0.25, 0.3) is 0 Å².